The van der Waals surface area contributed by atoms with Crippen LogP contribution >= 0.6 is 11.6 Å². The van der Waals surface area contributed by atoms with Crippen molar-refractivity contribution in [2.75, 3.05) is 5.73 Å². The number of hydrogen-bond donors (Lipinski definition) is 3. The first-order chi connectivity index (χ1) is 16.8. The highest BCUT2D eigenvalue weighted by Gasteiger charge is 2.25. The molecule has 0 radical (unpaired) electrons. The van der Waals surface area contributed by atoms with Crippen molar-refractivity contribution in [2.45, 2.75) is 51.1 Å². The number of rotatable bonds is 6. The van der Waals surface area contributed by atoms with E-state index in [1.807, 2.05) is 6.07 Å². The van der Waals surface area contributed by atoms with Gasteiger partial charge in [0.05, 0.1) is 17.5 Å². The third kappa shape index (κ3) is 6.14. The lowest BCUT2D eigenvalue weighted by atomic mass is 9.84. The molecule has 182 valence electrons. The Kier molecular flexibility index (Phi) is 7.60. The van der Waals surface area contributed by atoms with Gasteiger partial charge in [0.15, 0.2) is 0 Å². The van der Waals surface area contributed by atoms with Crippen LogP contribution in [0.3, 0.4) is 0 Å². The number of amides is 2. The number of benzene rings is 2. The Balaban J connectivity index is 1.47. The predicted molar refractivity (Wildman–Crippen MR) is 133 cm³/mol. The fourth-order valence-corrected chi connectivity index (χ4v) is 4.63. The summed E-state index contributed by atoms with van der Waals surface area (Å²) in [6.45, 7) is 1.75. The first kappa shape index (κ1) is 24.6. The van der Waals surface area contributed by atoms with Gasteiger partial charge in [-0.1, -0.05) is 29.8 Å². The smallest absolute Gasteiger partial charge is 0.254 e. The molecule has 7 nitrogen and oxygen atoms in total. The van der Waals surface area contributed by atoms with Crippen LogP contribution in [0.4, 0.5) is 10.2 Å². The van der Waals surface area contributed by atoms with E-state index < -0.39 is 11.7 Å². The molecule has 2 amide bonds. The average molecular weight is 496 g/mol. The molecular formula is C26H27ClFN5O2. The van der Waals surface area contributed by atoms with Crippen LogP contribution < -0.4 is 16.4 Å². The summed E-state index contributed by atoms with van der Waals surface area (Å²) in [6.07, 6.45) is 5.11. The van der Waals surface area contributed by atoms with E-state index in [1.54, 1.807) is 30.5 Å². The molecule has 1 aliphatic rings. The molecule has 3 aromatic rings. The van der Waals surface area contributed by atoms with E-state index in [0.717, 1.165) is 36.9 Å². The van der Waals surface area contributed by atoms with E-state index in [-0.39, 0.29) is 35.8 Å². The molecule has 9 heteroatoms. The fraction of sp³-hybridized carbons (Fsp3) is 0.308. The average Bonchev–Trinajstić information content (AvgIpc) is 2.83. The Morgan fingerprint density at radius 1 is 1.14 bits per heavy atom. The first-order valence-corrected chi connectivity index (χ1v) is 11.9. The van der Waals surface area contributed by atoms with Gasteiger partial charge in [-0.2, -0.15) is 0 Å². The number of carbonyl (C=O) groups excluding carboxylic acids is 2. The third-order valence-corrected chi connectivity index (χ3v) is 6.44. The number of nitrogen functional groups attached to an aromatic ring is 1. The lowest BCUT2D eigenvalue weighted by Crippen LogP contribution is -2.35. The molecule has 0 aliphatic heterocycles. The van der Waals surface area contributed by atoms with Gasteiger partial charge in [-0.15, -0.1) is 0 Å². The Morgan fingerprint density at radius 2 is 1.91 bits per heavy atom. The second-order valence-electron chi connectivity index (χ2n) is 8.79. The monoisotopic (exact) mass is 495 g/mol. The van der Waals surface area contributed by atoms with Gasteiger partial charge in [0.2, 0.25) is 5.91 Å². The number of nitrogens with zero attached hydrogens (tertiary/aromatic N) is 2. The Hall–Kier alpha value is -3.52. The summed E-state index contributed by atoms with van der Waals surface area (Å²) >= 11 is 5.97. The van der Waals surface area contributed by atoms with Crippen LogP contribution in [-0.4, -0.2) is 27.8 Å². The second-order valence-corrected chi connectivity index (χ2v) is 9.22. The summed E-state index contributed by atoms with van der Waals surface area (Å²) in [5.41, 5.74) is 8.43. The summed E-state index contributed by atoms with van der Waals surface area (Å²) in [7, 11) is 0. The highest BCUT2D eigenvalue weighted by Crippen LogP contribution is 2.34. The molecule has 1 saturated carbocycles. The summed E-state index contributed by atoms with van der Waals surface area (Å²) < 4.78 is 14.9. The van der Waals surface area contributed by atoms with E-state index in [4.69, 9.17) is 22.3 Å². The van der Waals surface area contributed by atoms with Gasteiger partial charge in [-0.25, -0.2) is 14.4 Å². The van der Waals surface area contributed by atoms with Gasteiger partial charge in [0.1, 0.15) is 17.3 Å². The van der Waals surface area contributed by atoms with Gasteiger partial charge < -0.3 is 16.4 Å². The third-order valence-electron chi connectivity index (χ3n) is 6.20. The quantitative estimate of drug-likeness (QED) is 0.462. The lowest BCUT2D eigenvalue weighted by Gasteiger charge is -2.28. The molecule has 2 aromatic carbocycles. The number of hydrogen-bond acceptors (Lipinski definition) is 5. The highest BCUT2D eigenvalue weighted by molar-refractivity contribution is 6.30. The SMILES string of the molecule is CC(=O)NC1CCC(c2cnc(N)c(-c3ccc(C(=O)NCc4cccc(Cl)c4)c(F)c3)n2)CC1. The number of carbonyl (C=O) groups is 2. The zero-order valence-corrected chi connectivity index (χ0v) is 20.1. The largest absolute Gasteiger partial charge is 0.382 e. The number of nitrogens with two attached hydrogens (primary N) is 1. The topological polar surface area (TPSA) is 110 Å². The molecule has 4 N–H and O–H groups in total. The number of anilines is 1. The highest BCUT2D eigenvalue weighted by atomic mass is 35.5. The maximum atomic E-state index is 14.9. The van der Waals surface area contributed by atoms with E-state index in [9.17, 15) is 14.0 Å². The summed E-state index contributed by atoms with van der Waals surface area (Å²) in [4.78, 5) is 32.8. The molecule has 1 fully saturated rings. The summed E-state index contributed by atoms with van der Waals surface area (Å²) in [6, 6.07) is 11.6. The molecule has 0 spiro atoms. The van der Waals surface area contributed by atoms with Crippen molar-refractivity contribution in [2.24, 2.45) is 0 Å². The molecule has 4 rings (SSSR count). The van der Waals surface area contributed by atoms with Crippen LogP contribution in [0.5, 0.6) is 0 Å². The first-order valence-electron chi connectivity index (χ1n) is 11.5. The van der Waals surface area contributed by atoms with Crippen molar-refractivity contribution in [3.8, 4) is 11.3 Å². The molecule has 1 aromatic heterocycles. The standard InChI is InChI=1S/C26H27ClFN5O2/c1-15(34)32-20-8-5-17(6-9-20)23-14-30-25(29)24(33-23)18-7-10-21(22(28)12-18)26(35)31-13-16-3-2-4-19(27)11-16/h2-4,7,10-12,14,17,20H,5-6,8-9,13H2,1H3,(H2,29,30)(H,31,35)(H,32,34). The van der Waals surface area contributed by atoms with Crippen molar-refractivity contribution in [1.82, 2.24) is 20.6 Å². The molecule has 0 atom stereocenters. The molecule has 0 saturated heterocycles. The minimum Gasteiger partial charge on any atom is -0.382 e. The summed E-state index contributed by atoms with van der Waals surface area (Å²) in [5, 5.41) is 6.23. The Bertz CT molecular complexity index is 1240. The van der Waals surface area contributed by atoms with Gasteiger partial charge >= 0.3 is 0 Å². The van der Waals surface area contributed by atoms with Crippen molar-refractivity contribution in [3.63, 3.8) is 0 Å². The van der Waals surface area contributed by atoms with Crippen LogP contribution in [0.25, 0.3) is 11.3 Å². The van der Waals surface area contributed by atoms with Crippen molar-refractivity contribution < 1.29 is 14.0 Å². The van der Waals surface area contributed by atoms with Crippen LogP contribution in [0.15, 0.2) is 48.7 Å². The molecule has 1 aliphatic carbocycles. The lowest BCUT2D eigenvalue weighted by molar-refractivity contribution is -0.119. The van der Waals surface area contributed by atoms with Gasteiger partial charge in [0.25, 0.3) is 5.91 Å². The van der Waals surface area contributed by atoms with Crippen LogP contribution in [0.2, 0.25) is 5.02 Å². The van der Waals surface area contributed by atoms with Crippen LogP contribution in [0.1, 0.15) is 60.1 Å². The number of halogens is 2. The van der Waals surface area contributed by atoms with Crippen molar-refractivity contribution >= 4 is 29.2 Å². The van der Waals surface area contributed by atoms with Crippen molar-refractivity contribution in [1.29, 1.82) is 0 Å². The predicted octanol–water partition coefficient (Wildman–Crippen LogP) is 4.61. The van der Waals surface area contributed by atoms with Crippen LogP contribution in [-0.2, 0) is 11.3 Å². The zero-order chi connectivity index (χ0) is 24.9. The minimum atomic E-state index is -0.673. The molecule has 35 heavy (non-hydrogen) atoms. The molecule has 1 heterocycles. The zero-order valence-electron chi connectivity index (χ0n) is 19.4. The van der Waals surface area contributed by atoms with Gasteiger partial charge in [-0.05, 0) is 55.5 Å². The maximum Gasteiger partial charge on any atom is 0.254 e. The molecular weight excluding hydrogens is 469 g/mol. The van der Waals surface area contributed by atoms with Crippen LogP contribution in [0, 0.1) is 5.82 Å². The fourth-order valence-electron chi connectivity index (χ4n) is 4.41. The minimum absolute atomic E-state index is 0.0216. The van der Waals surface area contributed by atoms with E-state index in [1.165, 1.54) is 19.1 Å². The van der Waals surface area contributed by atoms with E-state index in [0.29, 0.717) is 16.3 Å². The van der Waals surface area contributed by atoms with Gasteiger partial charge in [-0.3, -0.25) is 9.59 Å². The van der Waals surface area contributed by atoms with Crippen molar-refractivity contribution in [3.05, 3.63) is 76.3 Å². The van der Waals surface area contributed by atoms with E-state index >= 15 is 0 Å². The summed E-state index contributed by atoms with van der Waals surface area (Å²) in [5.74, 6) is -0.843. The maximum absolute atomic E-state index is 14.9. The second kappa shape index (κ2) is 10.8. The van der Waals surface area contributed by atoms with Gasteiger partial charge in [0, 0.05) is 36.0 Å². The molecule has 0 bridgehead atoms. The number of aromatic nitrogens is 2. The normalized spacial score (nSPS) is 17.6. The Morgan fingerprint density at radius 3 is 2.60 bits per heavy atom. The Labute approximate surface area is 208 Å². The molecule has 0 unspecified atom stereocenters. The number of nitrogens with one attached hydrogen (secondary N) is 2. The van der Waals surface area contributed by atoms with E-state index in [2.05, 4.69) is 15.6 Å².